The third-order valence-corrected chi connectivity index (χ3v) is 3.17. The zero-order valence-corrected chi connectivity index (χ0v) is 12.2. The van der Waals surface area contributed by atoms with Gasteiger partial charge in [0.2, 0.25) is 17.7 Å². The van der Waals surface area contributed by atoms with Crippen molar-refractivity contribution in [1.82, 2.24) is 5.32 Å². The molecule has 21 heavy (non-hydrogen) atoms. The van der Waals surface area contributed by atoms with Crippen LogP contribution in [0, 0.1) is 5.41 Å². The zero-order valence-electron chi connectivity index (χ0n) is 12.2. The summed E-state index contributed by atoms with van der Waals surface area (Å²) in [6.45, 7) is 3.30. The summed E-state index contributed by atoms with van der Waals surface area (Å²) in [6, 6.07) is -0.880. The van der Waals surface area contributed by atoms with E-state index in [0.717, 1.165) is 0 Å². The predicted octanol–water partition coefficient (Wildman–Crippen LogP) is -1.39. The van der Waals surface area contributed by atoms with Gasteiger partial charge in [-0.3, -0.25) is 19.2 Å². The first-order chi connectivity index (χ1) is 9.60. The Morgan fingerprint density at radius 1 is 1.24 bits per heavy atom. The van der Waals surface area contributed by atoms with Gasteiger partial charge in [-0.05, 0) is 5.41 Å². The van der Waals surface area contributed by atoms with Crippen LogP contribution >= 0.6 is 0 Å². The monoisotopic (exact) mass is 299 g/mol. The number of nitrogens with one attached hydrogen (secondary N) is 1. The minimum Gasteiger partial charge on any atom is -0.370 e. The fourth-order valence-corrected chi connectivity index (χ4v) is 2.32. The van der Waals surface area contributed by atoms with Crippen molar-refractivity contribution in [2.75, 3.05) is 6.61 Å². The van der Waals surface area contributed by atoms with Crippen molar-refractivity contribution in [3.63, 3.8) is 0 Å². The first-order valence-electron chi connectivity index (χ1n) is 6.61. The highest BCUT2D eigenvalue weighted by Gasteiger charge is 2.38. The maximum Gasteiger partial charge on any atom is 0.221 e. The zero-order chi connectivity index (χ0) is 16.2. The normalized spacial score (nSPS) is 22.1. The second-order valence-corrected chi connectivity index (χ2v) is 6.02. The number of amides is 3. The molecule has 8 heteroatoms. The highest BCUT2D eigenvalue weighted by Crippen LogP contribution is 2.25. The lowest BCUT2D eigenvalue weighted by Gasteiger charge is -2.24. The molecule has 0 aliphatic carbocycles. The van der Waals surface area contributed by atoms with E-state index in [1.54, 1.807) is 13.8 Å². The van der Waals surface area contributed by atoms with Crippen LogP contribution in [0.5, 0.6) is 0 Å². The summed E-state index contributed by atoms with van der Waals surface area (Å²) in [6.07, 6.45) is -0.789. The van der Waals surface area contributed by atoms with Crippen LogP contribution in [0.4, 0.5) is 0 Å². The van der Waals surface area contributed by atoms with Crippen molar-refractivity contribution in [2.45, 2.75) is 45.3 Å². The van der Waals surface area contributed by atoms with E-state index < -0.39 is 35.3 Å². The number of rotatable bonds is 7. The van der Waals surface area contributed by atoms with Gasteiger partial charge in [0.15, 0.2) is 5.78 Å². The van der Waals surface area contributed by atoms with Crippen molar-refractivity contribution >= 4 is 23.5 Å². The Balaban J connectivity index is 2.61. The molecule has 2 unspecified atom stereocenters. The number of carbonyl (C=O) groups is 4. The molecule has 1 aliphatic heterocycles. The number of nitrogens with two attached hydrogens (primary N) is 2. The maximum atomic E-state index is 12.0. The molecule has 2 atom stereocenters. The van der Waals surface area contributed by atoms with Crippen LogP contribution in [0.1, 0.15) is 33.1 Å². The molecule has 1 rings (SSSR count). The average molecular weight is 299 g/mol. The molecule has 0 radical (unpaired) electrons. The summed E-state index contributed by atoms with van der Waals surface area (Å²) in [4.78, 5) is 45.5. The molecule has 118 valence electrons. The number of ether oxygens (including phenoxy) is 1. The largest absolute Gasteiger partial charge is 0.370 e. The fourth-order valence-electron chi connectivity index (χ4n) is 2.32. The molecular weight excluding hydrogens is 278 g/mol. The van der Waals surface area contributed by atoms with Crippen molar-refractivity contribution < 1.29 is 23.9 Å². The van der Waals surface area contributed by atoms with Gasteiger partial charge in [0, 0.05) is 12.8 Å². The minimum atomic E-state index is -0.880. The van der Waals surface area contributed by atoms with E-state index in [2.05, 4.69) is 5.32 Å². The molecular formula is C13H21N3O5. The number of Topliss-reactive ketones (excluding diaryl/α,β-unsaturated/α-hetero) is 1. The number of primary amides is 2. The van der Waals surface area contributed by atoms with Crippen LogP contribution in [-0.2, 0) is 23.9 Å². The van der Waals surface area contributed by atoms with Gasteiger partial charge in [0.1, 0.15) is 12.6 Å². The molecule has 1 heterocycles. The average Bonchev–Trinajstić information content (AvgIpc) is 2.57. The van der Waals surface area contributed by atoms with E-state index in [-0.39, 0.29) is 31.7 Å². The van der Waals surface area contributed by atoms with Gasteiger partial charge in [0.25, 0.3) is 0 Å². The molecule has 5 N–H and O–H groups in total. The molecule has 0 aromatic carbocycles. The first kappa shape index (κ1) is 17.1. The number of carbonyl (C=O) groups excluding carboxylic acids is 4. The minimum absolute atomic E-state index is 0.0308. The second kappa shape index (κ2) is 6.66. The van der Waals surface area contributed by atoms with E-state index in [4.69, 9.17) is 16.2 Å². The molecule has 0 aromatic heterocycles. The SMILES string of the molecule is CC(C)(CC(N)=O)CC(=O)NC1C(=O)COC1CC(N)=O. The predicted molar refractivity (Wildman–Crippen MR) is 72.7 cm³/mol. The number of ketones is 1. The van der Waals surface area contributed by atoms with Gasteiger partial charge < -0.3 is 21.5 Å². The van der Waals surface area contributed by atoms with Gasteiger partial charge in [0.05, 0.1) is 12.5 Å². The van der Waals surface area contributed by atoms with E-state index in [0.29, 0.717) is 0 Å². The molecule has 0 bridgehead atoms. The Kier molecular flexibility index (Phi) is 5.42. The Morgan fingerprint density at radius 3 is 2.38 bits per heavy atom. The van der Waals surface area contributed by atoms with E-state index >= 15 is 0 Å². The maximum absolute atomic E-state index is 12.0. The van der Waals surface area contributed by atoms with Gasteiger partial charge in [-0.1, -0.05) is 13.8 Å². The van der Waals surface area contributed by atoms with Gasteiger partial charge in [-0.15, -0.1) is 0 Å². The van der Waals surface area contributed by atoms with Crippen LogP contribution in [0.2, 0.25) is 0 Å². The third kappa shape index (κ3) is 5.50. The van der Waals surface area contributed by atoms with Crippen LogP contribution < -0.4 is 16.8 Å². The van der Waals surface area contributed by atoms with Gasteiger partial charge in [-0.2, -0.15) is 0 Å². The summed E-state index contributed by atoms with van der Waals surface area (Å²) < 4.78 is 5.15. The Morgan fingerprint density at radius 2 is 1.86 bits per heavy atom. The topological polar surface area (TPSA) is 142 Å². The quantitative estimate of drug-likeness (QED) is 0.530. The fraction of sp³-hybridized carbons (Fsp3) is 0.692. The molecule has 0 spiro atoms. The van der Waals surface area contributed by atoms with Crippen molar-refractivity contribution in [3.8, 4) is 0 Å². The molecule has 1 saturated heterocycles. The van der Waals surface area contributed by atoms with Crippen molar-refractivity contribution in [2.24, 2.45) is 16.9 Å². The summed E-state index contributed by atoms with van der Waals surface area (Å²) in [5.41, 5.74) is 9.58. The number of hydrogen-bond acceptors (Lipinski definition) is 5. The summed E-state index contributed by atoms with van der Waals surface area (Å²) in [5.74, 6) is -1.82. The molecule has 3 amide bonds. The van der Waals surface area contributed by atoms with Gasteiger partial charge >= 0.3 is 0 Å². The lowest BCUT2D eigenvalue weighted by molar-refractivity contribution is -0.129. The molecule has 8 nitrogen and oxygen atoms in total. The van der Waals surface area contributed by atoms with Crippen LogP contribution in [0.3, 0.4) is 0 Å². The highest BCUT2D eigenvalue weighted by atomic mass is 16.5. The van der Waals surface area contributed by atoms with Crippen LogP contribution in [-0.4, -0.2) is 42.3 Å². The molecule has 0 saturated carbocycles. The van der Waals surface area contributed by atoms with E-state index in [9.17, 15) is 19.2 Å². The lowest BCUT2D eigenvalue weighted by atomic mass is 9.85. The molecule has 0 aromatic rings. The summed E-state index contributed by atoms with van der Waals surface area (Å²) >= 11 is 0. The molecule has 1 aliphatic rings. The first-order valence-corrected chi connectivity index (χ1v) is 6.61. The van der Waals surface area contributed by atoms with E-state index in [1.165, 1.54) is 0 Å². The molecule has 1 fully saturated rings. The summed E-state index contributed by atoms with van der Waals surface area (Å²) in [7, 11) is 0. The smallest absolute Gasteiger partial charge is 0.221 e. The summed E-state index contributed by atoms with van der Waals surface area (Å²) in [5, 5.41) is 2.54. The number of hydrogen-bond donors (Lipinski definition) is 3. The second-order valence-electron chi connectivity index (χ2n) is 6.02. The van der Waals surface area contributed by atoms with Crippen molar-refractivity contribution in [3.05, 3.63) is 0 Å². The third-order valence-electron chi connectivity index (χ3n) is 3.17. The Hall–Kier alpha value is -1.96. The standard InChI is InChI=1S/C13H21N3O5/c1-13(2,4-10(15)19)5-11(20)16-12-7(17)6-21-8(12)3-9(14)18/h8,12H,3-6H2,1-2H3,(H2,14,18)(H2,15,19)(H,16,20). The van der Waals surface area contributed by atoms with Gasteiger partial charge in [-0.25, -0.2) is 0 Å². The lowest BCUT2D eigenvalue weighted by Crippen LogP contribution is -2.47. The van der Waals surface area contributed by atoms with E-state index in [1.807, 2.05) is 0 Å². The van der Waals surface area contributed by atoms with Crippen LogP contribution in [0.25, 0.3) is 0 Å². The Bertz CT molecular complexity index is 461. The highest BCUT2D eigenvalue weighted by molar-refractivity contribution is 5.93. The van der Waals surface area contributed by atoms with Crippen molar-refractivity contribution in [1.29, 1.82) is 0 Å². The van der Waals surface area contributed by atoms with Crippen LogP contribution in [0.15, 0.2) is 0 Å². The Labute approximate surface area is 122 Å².